The van der Waals surface area contributed by atoms with E-state index in [-0.39, 0.29) is 0 Å². The maximum absolute atomic E-state index is 6.47. The van der Waals surface area contributed by atoms with Crippen LogP contribution in [0.3, 0.4) is 0 Å². The molecule has 8 aromatic heterocycles. The van der Waals surface area contributed by atoms with Crippen molar-refractivity contribution in [1.29, 1.82) is 0 Å². The molecule has 0 radical (unpaired) electrons. The first-order chi connectivity index (χ1) is 61.4. The molecule has 0 spiro atoms. The highest BCUT2D eigenvalue weighted by Gasteiger charge is 2.26. The molecule has 0 fully saturated rings. The van der Waals surface area contributed by atoms with Gasteiger partial charge in [-0.3, -0.25) is 0 Å². The lowest BCUT2D eigenvalue weighted by Gasteiger charge is -2.16. The first kappa shape index (κ1) is 70.5. The number of fused-ring (bicyclic) bond motifs is 22. The zero-order valence-electron chi connectivity index (χ0n) is 66.2. The van der Waals surface area contributed by atoms with Gasteiger partial charge in [-0.05, 0) is 124 Å². The zero-order valence-corrected chi connectivity index (χ0v) is 67.0. The molecular weight excluding hydrogens is 1540 g/mol. The number of para-hydroxylation sites is 5. The molecule has 0 N–H and O–H groups in total. The lowest BCUT2D eigenvalue weighted by molar-refractivity contribution is 0.668. The van der Waals surface area contributed by atoms with Gasteiger partial charge in [0.25, 0.3) is 0 Å². The molecule has 0 aliphatic heterocycles. The summed E-state index contributed by atoms with van der Waals surface area (Å²) in [6, 6.07) is 135. The van der Waals surface area contributed by atoms with E-state index in [1.807, 2.05) is 97.1 Å². The topological polar surface area (TPSA) is 143 Å². The highest BCUT2D eigenvalue weighted by atomic mass is 32.1. The van der Waals surface area contributed by atoms with Crippen LogP contribution in [0.1, 0.15) is 0 Å². The van der Waals surface area contributed by atoms with Crippen molar-refractivity contribution in [1.82, 2.24) is 39.9 Å². The summed E-state index contributed by atoms with van der Waals surface area (Å²) in [6.45, 7) is 0. The Bertz CT molecular complexity index is 8910. The van der Waals surface area contributed by atoms with Gasteiger partial charge in [-0.15, -0.1) is 11.3 Å². The van der Waals surface area contributed by atoms with Crippen molar-refractivity contribution in [2.24, 2.45) is 0 Å². The third-order valence-electron chi connectivity index (χ3n) is 24.2. The van der Waals surface area contributed by atoms with E-state index in [0.29, 0.717) is 34.9 Å². The quantitative estimate of drug-likeness (QED) is 0.121. The van der Waals surface area contributed by atoms with E-state index in [1.165, 1.54) is 30.9 Å². The number of furan rings is 3. The summed E-state index contributed by atoms with van der Waals surface area (Å²) in [5, 5.41) is 20.0. The highest BCUT2D eigenvalue weighted by Crippen LogP contribution is 2.48. The third kappa shape index (κ3) is 11.8. The number of nitrogens with zero attached hydrogens (tertiary/aromatic N) is 8. The molecule has 124 heavy (non-hydrogen) atoms. The van der Waals surface area contributed by atoms with Crippen LogP contribution in [0, 0.1) is 0 Å². The molecule has 26 rings (SSSR count). The Morgan fingerprint density at radius 2 is 0.573 bits per heavy atom. The fourth-order valence-electron chi connectivity index (χ4n) is 18.4. The molecule has 26 aromatic rings. The Morgan fingerprint density at radius 3 is 1.20 bits per heavy atom. The van der Waals surface area contributed by atoms with Crippen LogP contribution >= 0.6 is 11.3 Å². The summed E-state index contributed by atoms with van der Waals surface area (Å²) in [5.74, 6) is 3.59. The van der Waals surface area contributed by atoms with Crippen molar-refractivity contribution in [3.8, 4) is 113 Å². The predicted molar refractivity (Wildman–Crippen MR) is 509 cm³/mol. The van der Waals surface area contributed by atoms with Crippen molar-refractivity contribution >= 4 is 162 Å². The number of hydrogen-bond acceptors (Lipinski definition) is 12. The Kier molecular flexibility index (Phi) is 16.3. The van der Waals surface area contributed by atoms with E-state index < -0.39 is 0 Å². The second-order valence-corrected chi connectivity index (χ2v) is 32.5. The summed E-state index contributed by atoms with van der Waals surface area (Å²) < 4.78 is 21.7. The lowest BCUT2D eigenvalue weighted by atomic mass is 9.91. The Hall–Kier alpha value is -16.5. The van der Waals surface area contributed by atoms with Crippen LogP contribution < -0.4 is 0 Å². The second kappa shape index (κ2) is 28.6. The van der Waals surface area contributed by atoms with Gasteiger partial charge in [0, 0.05) is 140 Å². The summed E-state index contributed by atoms with van der Waals surface area (Å²) in [6.07, 6.45) is 0. The normalized spacial score (nSPS) is 11.9. The fraction of sp³-hybridized carbons (Fsp3) is 0. The molecule has 0 unspecified atom stereocenters. The van der Waals surface area contributed by atoms with Gasteiger partial charge >= 0.3 is 0 Å². The van der Waals surface area contributed by atoms with Gasteiger partial charge in [-0.1, -0.05) is 297 Å². The maximum atomic E-state index is 6.47. The molecule has 0 amide bonds. The van der Waals surface area contributed by atoms with Gasteiger partial charge in [0.1, 0.15) is 33.5 Å². The molecule has 18 aromatic carbocycles. The summed E-state index contributed by atoms with van der Waals surface area (Å²) in [7, 11) is 0. The van der Waals surface area contributed by atoms with E-state index in [2.05, 4.69) is 291 Å². The van der Waals surface area contributed by atoms with Crippen LogP contribution in [0.5, 0.6) is 0 Å². The van der Waals surface area contributed by atoms with Crippen LogP contribution in [0.15, 0.2) is 401 Å². The minimum absolute atomic E-state index is 0.566. The SMILES string of the molecule is c1ccc(-c2nc(-c3ccc4c(c3)sc3ccccc34)nc(-c3cc(-c4cccc5c4nc(-c4ccccc4)c4ccc6oc7ccccc7c6c45)cc4ccccc34)n2)cc1.c1ccc(-c2nc(-c3cccc(-c4cccc5c4nc(-c4ccc6ccccc6c4)c4ccc6oc7ccccc7c6c45)c3)nc(-c3ccc4c(c3)oc3ccccc34)n2)cc1. The van der Waals surface area contributed by atoms with E-state index >= 15 is 0 Å². The number of thiophene rings is 1. The van der Waals surface area contributed by atoms with Gasteiger partial charge < -0.3 is 13.3 Å². The van der Waals surface area contributed by atoms with Crippen LogP contribution in [0.4, 0.5) is 0 Å². The minimum atomic E-state index is 0.566. The summed E-state index contributed by atoms with van der Waals surface area (Å²) in [5.41, 5.74) is 20.3. The number of benzene rings is 18. The van der Waals surface area contributed by atoms with Crippen molar-refractivity contribution in [2.75, 3.05) is 0 Å². The molecule has 0 aliphatic carbocycles. The van der Waals surface area contributed by atoms with Crippen LogP contribution in [-0.4, -0.2) is 39.9 Å². The number of rotatable bonds is 10. The predicted octanol–water partition coefficient (Wildman–Crippen LogP) is 30.2. The van der Waals surface area contributed by atoms with Gasteiger partial charge in [-0.25, -0.2) is 39.9 Å². The molecule has 0 bridgehead atoms. The monoisotopic (exact) mass is 1600 g/mol. The van der Waals surface area contributed by atoms with Crippen molar-refractivity contribution in [3.63, 3.8) is 0 Å². The van der Waals surface area contributed by atoms with Crippen LogP contribution in [0.25, 0.3) is 264 Å². The average Bonchev–Trinajstić information content (AvgIpc) is 1.45. The molecule has 0 saturated carbocycles. The third-order valence-corrected chi connectivity index (χ3v) is 25.3. The van der Waals surface area contributed by atoms with Gasteiger partial charge in [0.15, 0.2) is 34.9 Å². The molecule has 12 heteroatoms. The van der Waals surface area contributed by atoms with E-state index in [9.17, 15) is 0 Å². The standard InChI is InChI=1S/C56H32N4O2.C56H32N4OS/c1-2-13-34(14-3-1)54-58-55(60-56(59-54)39-26-27-42-41-18-6-8-22-46(41)62-49(42)32-39)38-17-10-16-36(31-38)40-20-11-21-44-50-45(28-29-48-51(50)43-19-7-9-23-47(43)61-48)52(57-53(40)44)37-25-24-33-12-4-5-15-35(33)30-37;1-3-14-33(15-4-1)52-44-28-29-47-51(42-21-9-11-24-46(42)61-47)50(44)43-23-13-22-39(53(43)57-52)37-30-35-18-7-8-19-38(35)45(31-37)56-59-54(34-16-5-2-6-17-34)58-55(60-56)36-26-27-41-40-20-10-12-25-48(40)62-49(41)32-36/h2*1-32H. The molecule has 0 atom stereocenters. The summed E-state index contributed by atoms with van der Waals surface area (Å²) >= 11 is 1.79. The molecule has 0 aliphatic rings. The Morgan fingerprint density at radius 1 is 0.169 bits per heavy atom. The van der Waals surface area contributed by atoms with Crippen molar-refractivity contribution in [2.45, 2.75) is 0 Å². The molecule has 576 valence electrons. The van der Waals surface area contributed by atoms with Gasteiger partial charge in [0.05, 0.1) is 22.4 Å². The van der Waals surface area contributed by atoms with Crippen LogP contribution in [-0.2, 0) is 0 Å². The fourth-order valence-corrected chi connectivity index (χ4v) is 19.5. The Balaban J connectivity index is 0.000000136. The molecule has 8 heterocycles. The lowest BCUT2D eigenvalue weighted by Crippen LogP contribution is -2.01. The van der Waals surface area contributed by atoms with Crippen LogP contribution in [0.2, 0.25) is 0 Å². The Labute approximate surface area is 711 Å². The smallest absolute Gasteiger partial charge is 0.164 e. The summed E-state index contributed by atoms with van der Waals surface area (Å²) in [4.78, 5) is 42.2. The zero-order chi connectivity index (χ0) is 81.5. The van der Waals surface area contributed by atoms with E-state index in [0.717, 1.165) is 198 Å². The second-order valence-electron chi connectivity index (χ2n) is 31.5. The number of hydrogen-bond donors (Lipinski definition) is 0. The largest absolute Gasteiger partial charge is 0.456 e. The average molecular weight is 1600 g/mol. The van der Waals surface area contributed by atoms with Gasteiger partial charge in [-0.2, -0.15) is 0 Å². The van der Waals surface area contributed by atoms with E-state index in [1.54, 1.807) is 11.3 Å². The molecular formula is C112H64N8O3S. The van der Waals surface area contributed by atoms with Crippen molar-refractivity contribution in [3.05, 3.63) is 388 Å². The molecule has 0 saturated heterocycles. The maximum Gasteiger partial charge on any atom is 0.164 e. The number of aromatic nitrogens is 8. The van der Waals surface area contributed by atoms with Crippen molar-refractivity contribution < 1.29 is 13.3 Å². The first-order valence-corrected chi connectivity index (χ1v) is 42.2. The highest BCUT2D eigenvalue weighted by molar-refractivity contribution is 7.25. The van der Waals surface area contributed by atoms with Gasteiger partial charge in [0.2, 0.25) is 0 Å². The van der Waals surface area contributed by atoms with E-state index in [4.69, 9.17) is 53.1 Å². The first-order valence-electron chi connectivity index (χ1n) is 41.4. The molecule has 11 nitrogen and oxygen atoms in total. The number of pyridine rings is 2. The minimum Gasteiger partial charge on any atom is -0.456 e.